The molecule has 0 saturated carbocycles. The monoisotopic (exact) mass is 313 g/mol. The number of carbonyl (C=O) groups excluding carboxylic acids is 1. The summed E-state index contributed by atoms with van der Waals surface area (Å²) in [5.74, 6) is -0.0128. The van der Waals surface area contributed by atoms with Crippen molar-refractivity contribution in [2.75, 3.05) is 6.61 Å². The zero-order valence-electron chi connectivity index (χ0n) is 12.4. The van der Waals surface area contributed by atoms with Crippen molar-refractivity contribution in [3.8, 4) is 5.75 Å². The van der Waals surface area contributed by atoms with E-state index in [2.05, 4.69) is 10.5 Å². The topological polar surface area (TPSA) is 93.8 Å². The lowest BCUT2D eigenvalue weighted by Gasteiger charge is -2.06. The van der Waals surface area contributed by atoms with Crippen LogP contribution in [0.15, 0.2) is 53.6 Å². The molecule has 0 saturated heterocycles. The first-order chi connectivity index (χ1) is 11.1. The average molecular weight is 313 g/mol. The fourth-order valence-electron chi connectivity index (χ4n) is 1.92. The lowest BCUT2D eigenvalue weighted by Crippen LogP contribution is -2.19. The second kappa shape index (κ2) is 7.69. The highest BCUT2D eigenvalue weighted by Gasteiger charge is 2.18. The fraction of sp³-hybridized carbons (Fsp3) is 0.125. The first kappa shape index (κ1) is 16.2. The molecule has 0 spiro atoms. The van der Waals surface area contributed by atoms with Crippen molar-refractivity contribution in [3.63, 3.8) is 0 Å². The lowest BCUT2D eigenvalue weighted by atomic mass is 10.2. The highest BCUT2D eigenvalue weighted by Crippen LogP contribution is 2.18. The standard InChI is InChI=1S/C16H15N3O4/c1-2-23-15-10-6-3-7-12(15)11-17-18-16(20)13-8-4-5-9-14(13)19(21)22/h3-11H,2H2,1H3,(H,18,20). The molecule has 2 rings (SSSR count). The maximum absolute atomic E-state index is 12.0. The molecule has 0 aromatic heterocycles. The van der Waals surface area contributed by atoms with E-state index in [-0.39, 0.29) is 11.3 Å². The van der Waals surface area contributed by atoms with Gasteiger partial charge in [-0.15, -0.1) is 0 Å². The van der Waals surface area contributed by atoms with Crippen molar-refractivity contribution in [3.05, 3.63) is 69.8 Å². The first-order valence-electron chi connectivity index (χ1n) is 6.92. The number of nitro groups is 1. The second-order valence-electron chi connectivity index (χ2n) is 4.44. The van der Waals surface area contributed by atoms with Crippen molar-refractivity contribution in [1.82, 2.24) is 5.43 Å². The Hall–Kier alpha value is -3.22. The zero-order chi connectivity index (χ0) is 16.7. The van der Waals surface area contributed by atoms with Gasteiger partial charge in [0, 0.05) is 11.6 Å². The Bertz CT molecular complexity index is 744. The summed E-state index contributed by atoms with van der Waals surface area (Å²) in [6, 6.07) is 12.9. The van der Waals surface area contributed by atoms with Crippen LogP contribution < -0.4 is 10.2 Å². The maximum Gasteiger partial charge on any atom is 0.282 e. The van der Waals surface area contributed by atoms with E-state index in [0.717, 1.165) is 0 Å². The summed E-state index contributed by atoms with van der Waals surface area (Å²) in [7, 11) is 0. The molecular formula is C16H15N3O4. The van der Waals surface area contributed by atoms with E-state index in [4.69, 9.17) is 4.74 Å². The third-order valence-electron chi connectivity index (χ3n) is 2.93. The predicted octanol–water partition coefficient (Wildman–Crippen LogP) is 2.76. The van der Waals surface area contributed by atoms with Crippen LogP contribution in [0.3, 0.4) is 0 Å². The van der Waals surface area contributed by atoms with Crippen LogP contribution in [0.25, 0.3) is 0 Å². The molecule has 118 valence electrons. The van der Waals surface area contributed by atoms with Gasteiger partial charge in [0.05, 0.1) is 17.7 Å². The van der Waals surface area contributed by atoms with E-state index in [0.29, 0.717) is 17.9 Å². The third kappa shape index (κ3) is 4.13. The first-order valence-corrected chi connectivity index (χ1v) is 6.92. The van der Waals surface area contributed by atoms with Gasteiger partial charge in [-0.2, -0.15) is 5.10 Å². The molecule has 0 heterocycles. The smallest absolute Gasteiger partial charge is 0.282 e. The molecule has 0 fully saturated rings. The molecule has 0 atom stereocenters. The van der Waals surface area contributed by atoms with Crippen molar-refractivity contribution in [2.45, 2.75) is 6.92 Å². The predicted molar refractivity (Wildman–Crippen MR) is 85.8 cm³/mol. The summed E-state index contributed by atoms with van der Waals surface area (Å²) in [6.07, 6.45) is 1.43. The molecule has 0 aliphatic rings. The summed E-state index contributed by atoms with van der Waals surface area (Å²) >= 11 is 0. The van der Waals surface area contributed by atoms with Crippen LogP contribution >= 0.6 is 0 Å². The molecule has 2 aromatic carbocycles. The molecule has 1 amide bonds. The number of nitrogens with one attached hydrogen (secondary N) is 1. The van der Waals surface area contributed by atoms with Crippen molar-refractivity contribution >= 4 is 17.8 Å². The number of nitrogens with zero attached hydrogens (tertiary/aromatic N) is 2. The largest absolute Gasteiger partial charge is 0.493 e. The number of amides is 1. The molecule has 7 nitrogen and oxygen atoms in total. The third-order valence-corrected chi connectivity index (χ3v) is 2.93. The molecule has 7 heteroatoms. The normalized spacial score (nSPS) is 10.5. The molecule has 1 N–H and O–H groups in total. The van der Waals surface area contributed by atoms with Crippen LogP contribution in [0.2, 0.25) is 0 Å². The van der Waals surface area contributed by atoms with Crippen LogP contribution in [0.1, 0.15) is 22.8 Å². The van der Waals surface area contributed by atoms with E-state index < -0.39 is 10.8 Å². The summed E-state index contributed by atoms with van der Waals surface area (Å²) in [5.41, 5.74) is 2.66. The second-order valence-corrected chi connectivity index (χ2v) is 4.44. The minimum absolute atomic E-state index is 0.0484. The van der Waals surface area contributed by atoms with Crippen molar-refractivity contribution in [1.29, 1.82) is 0 Å². The number of ether oxygens (including phenoxy) is 1. The summed E-state index contributed by atoms with van der Waals surface area (Å²) in [4.78, 5) is 22.3. The fourth-order valence-corrected chi connectivity index (χ4v) is 1.92. The van der Waals surface area contributed by atoms with Crippen molar-refractivity contribution < 1.29 is 14.5 Å². The van der Waals surface area contributed by atoms with Crippen LogP contribution in [0, 0.1) is 10.1 Å². The van der Waals surface area contributed by atoms with Gasteiger partial charge in [-0.1, -0.05) is 24.3 Å². The molecule has 0 aliphatic heterocycles. The Morgan fingerprint density at radius 1 is 1.26 bits per heavy atom. The van der Waals surface area contributed by atoms with E-state index >= 15 is 0 Å². The summed E-state index contributed by atoms with van der Waals surface area (Å²) < 4.78 is 5.44. The van der Waals surface area contributed by atoms with Gasteiger partial charge < -0.3 is 4.74 Å². The van der Waals surface area contributed by atoms with Crippen molar-refractivity contribution in [2.24, 2.45) is 5.10 Å². The molecule has 0 aliphatic carbocycles. The van der Waals surface area contributed by atoms with E-state index in [9.17, 15) is 14.9 Å². The molecule has 0 radical (unpaired) electrons. The van der Waals surface area contributed by atoms with E-state index in [1.54, 1.807) is 18.2 Å². The Morgan fingerprint density at radius 2 is 1.96 bits per heavy atom. The number of rotatable bonds is 6. The van der Waals surface area contributed by atoms with Gasteiger partial charge in [0.25, 0.3) is 11.6 Å². The number of hydrogen-bond acceptors (Lipinski definition) is 5. The van der Waals surface area contributed by atoms with Gasteiger partial charge in [-0.25, -0.2) is 5.43 Å². The Labute approximate surface area is 132 Å². The number of benzene rings is 2. The van der Waals surface area contributed by atoms with E-state index in [1.807, 2.05) is 19.1 Å². The SMILES string of the molecule is CCOc1ccccc1C=NNC(=O)c1ccccc1[N+](=O)[O-]. The average Bonchev–Trinajstić information content (AvgIpc) is 2.56. The summed E-state index contributed by atoms with van der Waals surface area (Å²) in [5, 5.41) is 14.7. The number of carbonyl (C=O) groups is 1. The Morgan fingerprint density at radius 3 is 2.70 bits per heavy atom. The van der Waals surface area contributed by atoms with Crippen LogP contribution in [0.4, 0.5) is 5.69 Å². The van der Waals surface area contributed by atoms with Crippen LogP contribution in [-0.2, 0) is 0 Å². The zero-order valence-corrected chi connectivity index (χ0v) is 12.4. The number of hydrazone groups is 1. The lowest BCUT2D eigenvalue weighted by molar-refractivity contribution is -0.385. The Kier molecular flexibility index (Phi) is 5.40. The highest BCUT2D eigenvalue weighted by atomic mass is 16.6. The molecule has 0 bridgehead atoms. The molecule has 2 aromatic rings. The highest BCUT2D eigenvalue weighted by molar-refractivity contribution is 5.98. The van der Waals surface area contributed by atoms with Crippen LogP contribution in [-0.4, -0.2) is 23.7 Å². The molecular weight excluding hydrogens is 298 g/mol. The molecule has 23 heavy (non-hydrogen) atoms. The minimum atomic E-state index is -0.651. The quantitative estimate of drug-likeness (QED) is 0.504. The van der Waals surface area contributed by atoms with E-state index in [1.165, 1.54) is 24.4 Å². The minimum Gasteiger partial charge on any atom is -0.493 e. The van der Waals surface area contributed by atoms with Gasteiger partial charge in [-0.3, -0.25) is 14.9 Å². The number of hydrogen-bond donors (Lipinski definition) is 1. The van der Waals surface area contributed by atoms with Gasteiger partial charge in [-0.05, 0) is 25.1 Å². The van der Waals surface area contributed by atoms with Gasteiger partial charge >= 0.3 is 0 Å². The van der Waals surface area contributed by atoms with Gasteiger partial charge in [0.1, 0.15) is 11.3 Å². The number of para-hydroxylation sites is 2. The van der Waals surface area contributed by atoms with Gasteiger partial charge in [0.2, 0.25) is 0 Å². The Balaban J connectivity index is 2.12. The molecule has 0 unspecified atom stereocenters. The maximum atomic E-state index is 12.0. The van der Waals surface area contributed by atoms with Gasteiger partial charge in [0.15, 0.2) is 0 Å². The number of nitro benzene ring substituents is 1. The van der Waals surface area contributed by atoms with Crippen LogP contribution in [0.5, 0.6) is 5.75 Å². The summed E-state index contributed by atoms with van der Waals surface area (Å²) in [6.45, 7) is 2.37.